The molecule has 0 fully saturated rings. The van der Waals surface area contributed by atoms with Crippen LogP contribution in [0, 0.1) is 0 Å². The molecule has 5 nitrogen and oxygen atoms in total. The summed E-state index contributed by atoms with van der Waals surface area (Å²) in [5.74, 6) is 2.14. The molecule has 2 N–H and O–H groups in total. The van der Waals surface area contributed by atoms with E-state index in [2.05, 4.69) is 4.98 Å². The minimum Gasteiger partial charge on any atom is -0.486 e. The average molecular weight is 260 g/mol. The van der Waals surface area contributed by atoms with E-state index in [0.717, 1.165) is 28.7 Å². The van der Waals surface area contributed by atoms with Gasteiger partial charge in [0.15, 0.2) is 11.5 Å². The molecule has 1 aromatic heterocycles. The van der Waals surface area contributed by atoms with Gasteiger partial charge in [-0.05, 0) is 36.6 Å². The molecule has 0 amide bonds. The zero-order chi connectivity index (χ0) is 13.1. The minimum atomic E-state index is 0.567. The highest BCUT2D eigenvalue weighted by Gasteiger charge is 2.14. The normalized spacial score (nSPS) is 13.5. The SMILES string of the molecule is NCCCOc1nccc2cc3c(cc12)OCCO3. The first-order valence-corrected chi connectivity index (χ1v) is 6.40. The Balaban J connectivity index is 1.98. The second kappa shape index (κ2) is 5.32. The summed E-state index contributed by atoms with van der Waals surface area (Å²) in [6.45, 7) is 2.33. The summed E-state index contributed by atoms with van der Waals surface area (Å²) in [7, 11) is 0. The molecule has 100 valence electrons. The van der Waals surface area contributed by atoms with E-state index in [9.17, 15) is 0 Å². The molecule has 0 aliphatic carbocycles. The van der Waals surface area contributed by atoms with Gasteiger partial charge in [0.1, 0.15) is 13.2 Å². The molecule has 1 aromatic carbocycles. The summed E-state index contributed by atoms with van der Waals surface area (Å²) in [5, 5.41) is 1.96. The number of rotatable bonds is 4. The first-order valence-electron chi connectivity index (χ1n) is 6.40. The van der Waals surface area contributed by atoms with Crippen molar-refractivity contribution in [1.82, 2.24) is 4.98 Å². The van der Waals surface area contributed by atoms with Crippen LogP contribution in [0.1, 0.15) is 6.42 Å². The molecular weight excluding hydrogens is 244 g/mol. The van der Waals surface area contributed by atoms with Gasteiger partial charge in [-0.15, -0.1) is 0 Å². The lowest BCUT2D eigenvalue weighted by Gasteiger charge is -2.19. The van der Waals surface area contributed by atoms with Crippen molar-refractivity contribution in [3.63, 3.8) is 0 Å². The van der Waals surface area contributed by atoms with Gasteiger partial charge in [-0.1, -0.05) is 0 Å². The maximum atomic E-state index is 5.66. The molecule has 0 unspecified atom stereocenters. The van der Waals surface area contributed by atoms with Crippen molar-refractivity contribution in [1.29, 1.82) is 0 Å². The maximum Gasteiger partial charge on any atom is 0.221 e. The summed E-state index contributed by atoms with van der Waals surface area (Å²) in [5.41, 5.74) is 5.46. The summed E-state index contributed by atoms with van der Waals surface area (Å²) >= 11 is 0. The highest BCUT2D eigenvalue weighted by atomic mass is 16.6. The number of nitrogens with zero attached hydrogens (tertiary/aromatic N) is 1. The van der Waals surface area contributed by atoms with Crippen LogP contribution in [-0.4, -0.2) is 31.3 Å². The molecule has 2 heterocycles. The molecule has 0 radical (unpaired) electrons. The third-order valence-electron chi connectivity index (χ3n) is 2.98. The number of hydrogen-bond donors (Lipinski definition) is 1. The number of benzene rings is 1. The summed E-state index contributed by atoms with van der Waals surface area (Å²) in [6.07, 6.45) is 2.54. The molecule has 0 saturated heterocycles. The Morgan fingerprint density at radius 3 is 2.79 bits per heavy atom. The van der Waals surface area contributed by atoms with Crippen molar-refractivity contribution < 1.29 is 14.2 Å². The van der Waals surface area contributed by atoms with E-state index in [1.807, 2.05) is 18.2 Å². The number of pyridine rings is 1. The second-order valence-corrected chi connectivity index (χ2v) is 4.32. The van der Waals surface area contributed by atoms with Crippen LogP contribution in [-0.2, 0) is 0 Å². The van der Waals surface area contributed by atoms with E-state index in [-0.39, 0.29) is 0 Å². The van der Waals surface area contributed by atoms with Crippen LogP contribution < -0.4 is 19.9 Å². The molecular formula is C14H16N2O3. The van der Waals surface area contributed by atoms with Gasteiger partial charge < -0.3 is 19.9 Å². The van der Waals surface area contributed by atoms with Crippen LogP contribution >= 0.6 is 0 Å². The Kier molecular flexibility index (Phi) is 3.37. The summed E-state index contributed by atoms with van der Waals surface area (Å²) < 4.78 is 16.8. The minimum absolute atomic E-state index is 0.567. The second-order valence-electron chi connectivity index (χ2n) is 4.32. The molecule has 0 atom stereocenters. The number of hydrogen-bond acceptors (Lipinski definition) is 5. The Morgan fingerprint density at radius 2 is 2.00 bits per heavy atom. The van der Waals surface area contributed by atoms with E-state index in [1.165, 1.54) is 0 Å². The third-order valence-corrected chi connectivity index (χ3v) is 2.98. The quantitative estimate of drug-likeness (QED) is 0.848. The monoisotopic (exact) mass is 260 g/mol. The molecule has 5 heteroatoms. The van der Waals surface area contributed by atoms with Gasteiger partial charge in [-0.3, -0.25) is 0 Å². The van der Waals surface area contributed by atoms with Crippen molar-refractivity contribution >= 4 is 10.8 Å². The van der Waals surface area contributed by atoms with E-state index < -0.39 is 0 Å². The van der Waals surface area contributed by atoms with Crippen molar-refractivity contribution in [3.8, 4) is 17.4 Å². The van der Waals surface area contributed by atoms with E-state index in [1.54, 1.807) is 6.20 Å². The van der Waals surface area contributed by atoms with Crippen LogP contribution in [0.4, 0.5) is 0 Å². The lowest BCUT2D eigenvalue weighted by atomic mass is 10.1. The van der Waals surface area contributed by atoms with Gasteiger partial charge in [0.05, 0.1) is 6.61 Å². The fourth-order valence-corrected chi connectivity index (χ4v) is 2.05. The predicted octanol–water partition coefficient (Wildman–Crippen LogP) is 1.73. The molecule has 3 rings (SSSR count). The standard InChI is InChI=1S/C14H16N2O3/c15-3-1-5-19-14-11-9-13-12(17-6-7-18-13)8-10(11)2-4-16-14/h2,4,8-9H,1,3,5-7,15H2. The molecule has 0 bridgehead atoms. The zero-order valence-electron chi connectivity index (χ0n) is 10.6. The van der Waals surface area contributed by atoms with Gasteiger partial charge in [-0.25, -0.2) is 4.98 Å². The summed E-state index contributed by atoms with van der Waals surface area (Å²) in [4.78, 5) is 4.27. The first-order chi connectivity index (χ1) is 9.38. The topological polar surface area (TPSA) is 66.6 Å². The fraction of sp³-hybridized carbons (Fsp3) is 0.357. The van der Waals surface area contributed by atoms with Crippen LogP contribution in [0.5, 0.6) is 17.4 Å². The lowest BCUT2D eigenvalue weighted by Crippen LogP contribution is -2.15. The van der Waals surface area contributed by atoms with E-state index >= 15 is 0 Å². The molecule has 0 saturated carbocycles. The van der Waals surface area contributed by atoms with Crippen molar-refractivity contribution in [2.75, 3.05) is 26.4 Å². The highest BCUT2D eigenvalue weighted by molar-refractivity contribution is 5.89. The van der Waals surface area contributed by atoms with Gasteiger partial charge in [0.2, 0.25) is 5.88 Å². The van der Waals surface area contributed by atoms with Gasteiger partial charge in [0.25, 0.3) is 0 Å². The number of fused-ring (bicyclic) bond motifs is 2. The molecule has 0 spiro atoms. The smallest absolute Gasteiger partial charge is 0.221 e. The van der Waals surface area contributed by atoms with Crippen LogP contribution in [0.15, 0.2) is 24.4 Å². The van der Waals surface area contributed by atoms with Crippen LogP contribution in [0.3, 0.4) is 0 Å². The molecule has 1 aliphatic rings. The number of aromatic nitrogens is 1. The molecule has 19 heavy (non-hydrogen) atoms. The number of nitrogens with two attached hydrogens (primary N) is 1. The predicted molar refractivity (Wildman–Crippen MR) is 71.9 cm³/mol. The zero-order valence-corrected chi connectivity index (χ0v) is 10.6. The van der Waals surface area contributed by atoms with Crippen molar-refractivity contribution in [3.05, 3.63) is 24.4 Å². The molecule has 1 aliphatic heterocycles. The van der Waals surface area contributed by atoms with E-state index in [0.29, 0.717) is 32.2 Å². The number of ether oxygens (including phenoxy) is 3. The maximum absolute atomic E-state index is 5.66. The Hall–Kier alpha value is -2.01. The lowest BCUT2D eigenvalue weighted by molar-refractivity contribution is 0.172. The van der Waals surface area contributed by atoms with E-state index in [4.69, 9.17) is 19.9 Å². The fourth-order valence-electron chi connectivity index (χ4n) is 2.05. The highest BCUT2D eigenvalue weighted by Crippen LogP contribution is 2.37. The Morgan fingerprint density at radius 1 is 1.21 bits per heavy atom. The van der Waals surface area contributed by atoms with Gasteiger partial charge >= 0.3 is 0 Å². The first kappa shape index (κ1) is 12.0. The van der Waals surface area contributed by atoms with Crippen molar-refractivity contribution in [2.45, 2.75) is 6.42 Å². The van der Waals surface area contributed by atoms with Crippen molar-refractivity contribution in [2.24, 2.45) is 5.73 Å². The third kappa shape index (κ3) is 2.42. The van der Waals surface area contributed by atoms with Gasteiger partial charge in [0, 0.05) is 11.6 Å². The van der Waals surface area contributed by atoms with Crippen LogP contribution in [0.25, 0.3) is 10.8 Å². The average Bonchev–Trinajstić information content (AvgIpc) is 2.46. The van der Waals surface area contributed by atoms with Gasteiger partial charge in [-0.2, -0.15) is 0 Å². The largest absolute Gasteiger partial charge is 0.486 e. The van der Waals surface area contributed by atoms with Crippen LogP contribution in [0.2, 0.25) is 0 Å². The Bertz CT molecular complexity index is 586. The Labute approximate surface area is 111 Å². The summed E-state index contributed by atoms with van der Waals surface area (Å²) in [6, 6.07) is 5.82. The molecule has 2 aromatic rings.